The van der Waals surface area contributed by atoms with Crippen molar-refractivity contribution in [3.05, 3.63) is 40.9 Å². The van der Waals surface area contributed by atoms with Crippen LogP contribution in [0.1, 0.15) is 5.56 Å². The van der Waals surface area contributed by atoms with Crippen molar-refractivity contribution in [2.75, 3.05) is 27.9 Å². The molecule has 0 fully saturated rings. The largest absolute Gasteiger partial charge is 0.502 e. The third-order valence-electron chi connectivity index (χ3n) is 4.33. The molecule has 1 atom stereocenters. The molecule has 132 valence electrons. The van der Waals surface area contributed by atoms with Crippen molar-refractivity contribution in [3.63, 3.8) is 0 Å². The predicted molar refractivity (Wildman–Crippen MR) is 86.5 cm³/mol. The quantitative estimate of drug-likeness (QED) is 0.827. The zero-order chi connectivity index (χ0) is 18.1. The molecule has 1 N–H and O–H groups in total. The van der Waals surface area contributed by atoms with Gasteiger partial charge in [-0.15, -0.1) is 0 Å². The molecule has 0 saturated carbocycles. The van der Waals surface area contributed by atoms with Gasteiger partial charge in [0, 0.05) is 12.0 Å². The van der Waals surface area contributed by atoms with Gasteiger partial charge in [-0.05, 0) is 18.1 Å². The highest BCUT2D eigenvalue weighted by Crippen LogP contribution is 2.43. The Kier molecular flexibility index (Phi) is 4.39. The molecule has 1 heterocycles. The maximum Gasteiger partial charge on any atom is 0.262 e. The van der Waals surface area contributed by atoms with Gasteiger partial charge in [0.25, 0.3) is 5.78 Å². The van der Waals surface area contributed by atoms with Gasteiger partial charge in [-0.1, -0.05) is 6.07 Å². The monoisotopic (exact) mass is 346 g/mol. The van der Waals surface area contributed by atoms with Gasteiger partial charge in [0.15, 0.2) is 28.8 Å². The summed E-state index contributed by atoms with van der Waals surface area (Å²) in [6.07, 6.45) is 1.59. The summed E-state index contributed by atoms with van der Waals surface area (Å²) >= 11 is 0. The molecule has 2 aliphatic rings. The Balaban J connectivity index is 1.97. The lowest BCUT2D eigenvalue weighted by molar-refractivity contribution is -0.121. The van der Waals surface area contributed by atoms with Crippen LogP contribution in [0.15, 0.2) is 35.3 Å². The molecule has 3 rings (SSSR count). The van der Waals surface area contributed by atoms with Crippen molar-refractivity contribution >= 4 is 11.6 Å². The molecule has 0 aromatic heterocycles. The van der Waals surface area contributed by atoms with E-state index in [0.29, 0.717) is 17.9 Å². The van der Waals surface area contributed by atoms with Crippen LogP contribution in [0.4, 0.5) is 0 Å². The molecule has 0 radical (unpaired) electrons. The van der Waals surface area contributed by atoms with Gasteiger partial charge >= 0.3 is 0 Å². The van der Waals surface area contributed by atoms with Gasteiger partial charge in [-0.25, -0.2) is 0 Å². The number of benzene rings is 1. The van der Waals surface area contributed by atoms with Gasteiger partial charge < -0.3 is 24.1 Å². The van der Waals surface area contributed by atoms with Crippen molar-refractivity contribution in [1.29, 1.82) is 0 Å². The third kappa shape index (κ3) is 2.71. The second kappa shape index (κ2) is 6.51. The van der Waals surface area contributed by atoms with E-state index in [4.69, 9.17) is 18.9 Å². The number of methoxy groups -OCH3 is 3. The summed E-state index contributed by atoms with van der Waals surface area (Å²) < 4.78 is 20.8. The Morgan fingerprint density at radius 2 is 1.88 bits per heavy atom. The average molecular weight is 346 g/mol. The summed E-state index contributed by atoms with van der Waals surface area (Å²) in [5.41, 5.74) is 0.980. The minimum Gasteiger partial charge on any atom is -0.502 e. The number of carbonyl (C=O) groups excluding carboxylic acids is 2. The van der Waals surface area contributed by atoms with Gasteiger partial charge in [0.2, 0.25) is 5.75 Å². The van der Waals surface area contributed by atoms with Gasteiger partial charge in [-0.2, -0.15) is 0 Å². The SMILES string of the molecule is COC1=CC(=O)C([C@@H]2COc3c(ccc(OC)c3O)C2)=C(OC)C1=O. The lowest BCUT2D eigenvalue weighted by atomic mass is 9.84. The standard InChI is InChI=1S/C18H18O7/c1-22-12-5-4-9-6-10(8-25-17(9)15(12)20)14-11(19)7-13(23-2)16(21)18(14)24-3/h4-5,7,10,20H,6,8H2,1-3H3/t10-/m0/s1. The first-order valence-electron chi connectivity index (χ1n) is 7.66. The number of aromatic hydroxyl groups is 1. The van der Waals surface area contributed by atoms with Crippen LogP contribution in [-0.2, 0) is 25.5 Å². The first kappa shape index (κ1) is 16.9. The van der Waals surface area contributed by atoms with Crippen LogP contribution in [0.3, 0.4) is 0 Å². The van der Waals surface area contributed by atoms with E-state index < -0.39 is 5.78 Å². The molecule has 1 aliphatic carbocycles. The number of carbonyl (C=O) groups is 2. The fourth-order valence-corrected chi connectivity index (χ4v) is 3.12. The minimum absolute atomic E-state index is 0.0286. The van der Waals surface area contributed by atoms with E-state index in [-0.39, 0.29) is 41.1 Å². The first-order valence-corrected chi connectivity index (χ1v) is 7.66. The highest BCUT2D eigenvalue weighted by molar-refractivity contribution is 6.21. The van der Waals surface area contributed by atoms with E-state index in [1.165, 1.54) is 27.4 Å². The van der Waals surface area contributed by atoms with Crippen LogP contribution in [0.2, 0.25) is 0 Å². The normalized spacial score (nSPS) is 19.8. The second-order valence-electron chi connectivity index (χ2n) is 5.67. The molecule has 0 bridgehead atoms. The number of allylic oxidation sites excluding steroid dienone is 1. The predicted octanol–water partition coefficient (Wildman–Crippen LogP) is 1.53. The number of Topliss-reactive ketones (excluding diaryl/α,β-unsaturated/α-hetero) is 1. The summed E-state index contributed by atoms with van der Waals surface area (Å²) in [5.74, 6) is -0.702. The topological polar surface area (TPSA) is 91.3 Å². The number of hydrogen-bond acceptors (Lipinski definition) is 7. The van der Waals surface area contributed by atoms with Crippen molar-refractivity contribution in [3.8, 4) is 17.2 Å². The third-order valence-corrected chi connectivity index (χ3v) is 4.33. The van der Waals surface area contributed by atoms with E-state index >= 15 is 0 Å². The van der Waals surface area contributed by atoms with E-state index in [1.807, 2.05) is 0 Å². The highest BCUT2D eigenvalue weighted by atomic mass is 16.5. The molecule has 1 aromatic rings. The van der Waals surface area contributed by atoms with Crippen LogP contribution in [-0.4, -0.2) is 44.6 Å². The van der Waals surface area contributed by atoms with Crippen molar-refractivity contribution < 1.29 is 33.6 Å². The zero-order valence-corrected chi connectivity index (χ0v) is 14.1. The van der Waals surface area contributed by atoms with Gasteiger partial charge in [0.05, 0.1) is 33.5 Å². The smallest absolute Gasteiger partial charge is 0.262 e. The number of fused-ring (bicyclic) bond motifs is 1. The number of phenolic OH excluding ortho intramolecular Hbond substituents is 1. The zero-order valence-electron chi connectivity index (χ0n) is 14.1. The molecule has 1 aromatic carbocycles. The number of ketones is 2. The molecule has 0 saturated heterocycles. The Hall–Kier alpha value is -2.96. The Bertz CT molecular complexity index is 804. The average Bonchev–Trinajstić information content (AvgIpc) is 2.63. The molecule has 7 nitrogen and oxygen atoms in total. The van der Waals surface area contributed by atoms with Crippen LogP contribution in [0.5, 0.6) is 17.2 Å². The Morgan fingerprint density at radius 1 is 1.12 bits per heavy atom. The fraction of sp³-hybridized carbons (Fsp3) is 0.333. The first-order chi connectivity index (χ1) is 12.0. The summed E-state index contributed by atoms with van der Waals surface area (Å²) in [6, 6.07) is 3.39. The summed E-state index contributed by atoms with van der Waals surface area (Å²) in [5, 5.41) is 10.2. The summed E-state index contributed by atoms with van der Waals surface area (Å²) in [6.45, 7) is 0.130. The van der Waals surface area contributed by atoms with E-state index in [0.717, 1.165) is 5.56 Å². The molecule has 0 spiro atoms. The molecule has 25 heavy (non-hydrogen) atoms. The Labute approximate surface area is 144 Å². The lowest BCUT2D eigenvalue weighted by Gasteiger charge is -2.29. The van der Waals surface area contributed by atoms with E-state index in [2.05, 4.69) is 0 Å². The van der Waals surface area contributed by atoms with Crippen LogP contribution in [0.25, 0.3) is 0 Å². The number of rotatable bonds is 4. The highest BCUT2D eigenvalue weighted by Gasteiger charge is 2.37. The molecular formula is C18H18O7. The van der Waals surface area contributed by atoms with Gasteiger partial charge in [0.1, 0.15) is 0 Å². The maximum atomic E-state index is 12.5. The van der Waals surface area contributed by atoms with Crippen LogP contribution in [0, 0.1) is 5.92 Å². The van der Waals surface area contributed by atoms with Crippen molar-refractivity contribution in [2.45, 2.75) is 6.42 Å². The number of phenols is 1. The lowest BCUT2D eigenvalue weighted by Crippen LogP contribution is -2.31. The minimum atomic E-state index is -0.469. The number of hydrogen-bond donors (Lipinski definition) is 1. The summed E-state index contributed by atoms with van der Waals surface area (Å²) in [7, 11) is 4.12. The number of ether oxygens (including phenoxy) is 4. The molecule has 0 unspecified atom stereocenters. The van der Waals surface area contributed by atoms with Crippen molar-refractivity contribution in [2.24, 2.45) is 5.92 Å². The fourth-order valence-electron chi connectivity index (χ4n) is 3.12. The van der Waals surface area contributed by atoms with Crippen LogP contribution >= 0.6 is 0 Å². The van der Waals surface area contributed by atoms with Gasteiger partial charge in [-0.3, -0.25) is 9.59 Å². The van der Waals surface area contributed by atoms with Crippen LogP contribution < -0.4 is 9.47 Å². The Morgan fingerprint density at radius 3 is 2.52 bits per heavy atom. The van der Waals surface area contributed by atoms with E-state index in [1.54, 1.807) is 12.1 Å². The van der Waals surface area contributed by atoms with E-state index in [9.17, 15) is 14.7 Å². The maximum absolute atomic E-state index is 12.5. The summed E-state index contributed by atoms with van der Waals surface area (Å²) in [4.78, 5) is 24.8. The molecular weight excluding hydrogens is 328 g/mol. The molecule has 1 aliphatic heterocycles. The van der Waals surface area contributed by atoms with Crippen molar-refractivity contribution in [1.82, 2.24) is 0 Å². The molecule has 0 amide bonds. The second-order valence-corrected chi connectivity index (χ2v) is 5.67. The molecule has 7 heteroatoms.